The van der Waals surface area contributed by atoms with Crippen LogP contribution in [0.2, 0.25) is 5.02 Å². The third-order valence-corrected chi connectivity index (χ3v) is 4.54. The van der Waals surface area contributed by atoms with E-state index in [0.717, 1.165) is 24.0 Å². The van der Waals surface area contributed by atoms with Crippen LogP contribution >= 0.6 is 11.6 Å². The number of halogens is 1. The van der Waals surface area contributed by atoms with Gasteiger partial charge in [-0.05, 0) is 37.1 Å². The maximum Gasteiger partial charge on any atom is 0.0426 e. The SMILES string of the molecule is CC(C)CCCCCN1CCN(c2cccc(Cl)c2)CC1. The van der Waals surface area contributed by atoms with E-state index in [4.69, 9.17) is 11.6 Å². The summed E-state index contributed by atoms with van der Waals surface area (Å²) in [6.07, 6.45) is 5.50. The second-order valence-corrected chi connectivity index (χ2v) is 6.99. The Hall–Kier alpha value is -0.730. The number of hydrogen-bond acceptors (Lipinski definition) is 2. The first-order chi connectivity index (χ1) is 10.1. The molecule has 21 heavy (non-hydrogen) atoms. The molecule has 118 valence electrons. The minimum atomic E-state index is 0.833. The fraction of sp³-hybridized carbons (Fsp3) is 0.667. The zero-order chi connectivity index (χ0) is 15.1. The molecule has 0 N–H and O–H groups in total. The Kier molecular flexibility index (Phi) is 6.85. The van der Waals surface area contributed by atoms with Crippen molar-refractivity contribution in [3.63, 3.8) is 0 Å². The van der Waals surface area contributed by atoms with Crippen LogP contribution in [-0.2, 0) is 0 Å². The molecule has 0 amide bonds. The minimum absolute atomic E-state index is 0.833. The molecule has 0 spiro atoms. The Bertz CT molecular complexity index is 411. The fourth-order valence-corrected chi connectivity index (χ4v) is 3.15. The van der Waals surface area contributed by atoms with Crippen LogP contribution in [0.25, 0.3) is 0 Å². The van der Waals surface area contributed by atoms with Crippen molar-refractivity contribution in [3.8, 4) is 0 Å². The lowest BCUT2D eigenvalue weighted by Crippen LogP contribution is -2.46. The van der Waals surface area contributed by atoms with Crippen LogP contribution in [0.3, 0.4) is 0 Å². The molecule has 3 heteroatoms. The van der Waals surface area contributed by atoms with Crippen LogP contribution in [0.1, 0.15) is 39.5 Å². The highest BCUT2D eigenvalue weighted by Gasteiger charge is 2.16. The molecule has 0 unspecified atom stereocenters. The lowest BCUT2D eigenvalue weighted by atomic mass is 10.1. The summed E-state index contributed by atoms with van der Waals surface area (Å²) in [7, 11) is 0. The number of rotatable bonds is 7. The van der Waals surface area contributed by atoms with Gasteiger partial charge in [-0.2, -0.15) is 0 Å². The van der Waals surface area contributed by atoms with Crippen molar-refractivity contribution >= 4 is 17.3 Å². The molecule has 1 heterocycles. The first kappa shape index (κ1) is 16.6. The van der Waals surface area contributed by atoms with E-state index >= 15 is 0 Å². The highest BCUT2D eigenvalue weighted by atomic mass is 35.5. The molecule has 1 aromatic rings. The summed E-state index contributed by atoms with van der Waals surface area (Å²) in [5.41, 5.74) is 1.26. The van der Waals surface area contributed by atoms with Gasteiger partial charge in [0.2, 0.25) is 0 Å². The molecule has 0 saturated carbocycles. The summed E-state index contributed by atoms with van der Waals surface area (Å²) in [5, 5.41) is 0.833. The van der Waals surface area contributed by atoms with Gasteiger partial charge in [0.1, 0.15) is 0 Å². The lowest BCUT2D eigenvalue weighted by molar-refractivity contribution is 0.251. The molecule has 0 atom stereocenters. The largest absolute Gasteiger partial charge is 0.369 e. The van der Waals surface area contributed by atoms with Gasteiger partial charge >= 0.3 is 0 Å². The molecule has 1 aliphatic rings. The Morgan fingerprint density at radius 1 is 1.05 bits per heavy atom. The summed E-state index contributed by atoms with van der Waals surface area (Å²) in [5.74, 6) is 0.853. The summed E-state index contributed by atoms with van der Waals surface area (Å²) in [6.45, 7) is 10.5. The third-order valence-electron chi connectivity index (χ3n) is 4.30. The molecular weight excluding hydrogens is 280 g/mol. The molecule has 1 aromatic carbocycles. The van der Waals surface area contributed by atoms with Gasteiger partial charge < -0.3 is 4.90 Å². The van der Waals surface area contributed by atoms with Crippen LogP contribution in [0, 0.1) is 5.92 Å². The second-order valence-electron chi connectivity index (χ2n) is 6.55. The van der Waals surface area contributed by atoms with E-state index in [2.05, 4.69) is 35.8 Å². The Morgan fingerprint density at radius 2 is 1.81 bits per heavy atom. The van der Waals surface area contributed by atoms with Gasteiger partial charge in [0.25, 0.3) is 0 Å². The molecule has 2 nitrogen and oxygen atoms in total. The molecule has 0 aliphatic carbocycles. The zero-order valence-corrected chi connectivity index (χ0v) is 14.3. The third kappa shape index (κ3) is 5.88. The van der Waals surface area contributed by atoms with Crippen molar-refractivity contribution in [3.05, 3.63) is 29.3 Å². The normalized spacial score (nSPS) is 16.7. The average Bonchev–Trinajstić information content (AvgIpc) is 2.47. The van der Waals surface area contributed by atoms with Gasteiger partial charge in [-0.1, -0.05) is 50.8 Å². The summed E-state index contributed by atoms with van der Waals surface area (Å²) in [4.78, 5) is 5.05. The van der Waals surface area contributed by atoms with E-state index in [0.29, 0.717) is 0 Å². The number of benzene rings is 1. The van der Waals surface area contributed by atoms with Crippen molar-refractivity contribution in [1.29, 1.82) is 0 Å². The van der Waals surface area contributed by atoms with Gasteiger partial charge in [0.15, 0.2) is 0 Å². The second kappa shape index (κ2) is 8.65. The topological polar surface area (TPSA) is 6.48 Å². The van der Waals surface area contributed by atoms with E-state index in [1.165, 1.54) is 51.0 Å². The van der Waals surface area contributed by atoms with Gasteiger partial charge in [-0.25, -0.2) is 0 Å². The standard InChI is InChI=1S/C18H29ClN2/c1-16(2)7-4-3-5-10-20-11-13-21(14-12-20)18-9-6-8-17(19)15-18/h6,8-9,15-16H,3-5,7,10-14H2,1-2H3. The van der Waals surface area contributed by atoms with Crippen LogP contribution in [0.5, 0.6) is 0 Å². The molecule has 0 radical (unpaired) electrons. The predicted octanol–water partition coefficient (Wildman–Crippen LogP) is 4.68. The Labute approximate surface area is 135 Å². The van der Waals surface area contributed by atoms with Crippen molar-refractivity contribution in [2.75, 3.05) is 37.6 Å². The molecule has 0 aromatic heterocycles. The molecule has 2 rings (SSSR count). The quantitative estimate of drug-likeness (QED) is 0.675. The summed E-state index contributed by atoms with van der Waals surface area (Å²) in [6, 6.07) is 8.22. The van der Waals surface area contributed by atoms with Crippen LogP contribution < -0.4 is 4.90 Å². The predicted molar refractivity (Wildman–Crippen MR) is 93.4 cm³/mol. The summed E-state index contributed by atoms with van der Waals surface area (Å²) >= 11 is 6.08. The zero-order valence-electron chi connectivity index (χ0n) is 13.5. The molecule has 0 bridgehead atoms. The van der Waals surface area contributed by atoms with E-state index in [9.17, 15) is 0 Å². The number of nitrogens with zero attached hydrogens (tertiary/aromatic N) is 2. The Morgan fingerprint density at radius 3 is 2.48 bits per heavy atom. The van der Waals surface area contributed by atoms with Crippen LogP contribution in [0.4, 0.5) is 5.69 Å². The number of anilines is 1. The average molecular weight is 309 g/mol. The van der Waals surface area contributed by atoms with E-state index in [1.54, 1.807) is 0 Å². The number of piperazine rings is 1. The van der Waals surface area contributed by atoms with E-state index in [1.807, 2.05) is 12.1 Å². The first-order valence-electron chi connectivity index (χ1n) is 8.38. The summed E-state index contributed by atoms with van der Waals surface area (Å²) < 4.78 is 0. The highest BCUT2D eigenvalue weighted by molar-refractivity contribution is 6.30. The van der Waals surface area contributed by atoms with E-state index in [-0.39, 0.29) is 0 Å². The Balaban J connectivity index is 1.64. The smallest absolute Gasteiger partial charge is 0.0426 e. The van der Waals surface area contributed by atoms with Gasteiger partial charge in [0.05, 0.1) is 0 Å². The maximum atomic E-state index is 6.08. The molecular formula is C18H29ClN2. The number of hydrogen-bond donors (Lipinski definition) is 0. The van der Waals surface area contributed by atoms with Gasteiger partial charge in [-0.3, -0.25) is 4.90 Å². The van der Waals surface area contributed by atoms with Crippen molar-refractivity contribution in [2.24, 2.45) is 5.92 Å². The number of unbranched alkanes of at least 4 members (excludes halogenated alkanes) is 2. The van der Waals surface area contributed by atoms with Crippen LogP contribution in [0.15, 0.2) is 24.3 Å². The highest BCUT2D eigenvalue weighted by Crippen LogP contribution is 2.21. The molecule has 1 fully saturated rings. The molecule has 1 aliphatic heterocycles. The van der Waals surface area contributed by atoms with Gasteiger partial charge in [-0.15, -0.1) is 0 Å². The maximum absolute atomic E-state index is 6.08. The fourth-order valence-electron chi connectivity index (χ4n) is 2.97. The molecule has 1 saturated heterocycles. The minimum Gasteiger partial charge on any atom is -0.369 e. The lowest BCUT2D eigenvalue weighted by Gasteiger charge is -2.36. The first-order valence-corrected chi connectivity index (χ1v) is 8.76. The monoisotopic (exact) mass is 308 g/mol. The van der Waals surface area contributed by atoms with Gasteiger partial charge in [0, 0.05) is 36.9 Å². The van der Waals surface area contributed by atoms with Crippen molar-refractivity contribution < 1.29 is 0 Å². The van der Waals surface area contributed by atoms with E-state index < -0.39 is 0 Å². The van der Waals surface area contributed by atoms with Crippen molar-refractivity contribution in [2.45, 2.75) is 39.5 Å². The van der Waals surface area contributed by atoms with Crippen LogP contribution in [-0.4, -0.2) is 37.6 Å². The van der Waals surface area contributed by atoms with Crippen molar-refractivity contribution in [1.82, 2.24) is 4.90 Å².